The van der Waals surface area contributed by atoms with E-state index in [0.717, 1.165) is 13.1 Å². The van der Waals surface area contributed by atoms with Crippen LogP contribution >= 0.6 is 11.6 Å². The van der Waals surface area contributed by atoms with Gasteiger partial charge in [0.05, 0.1) is 24.4 Å². The number of carbonyl (C=O) groups excluding carboxylic acids is 2. The van der Waals surface area contributed by atoms with Gasteiger partial charge >= 0.3 is 11.8 Å². The van der Waals surface area contributed by atoms with E-state index in [2.05, 4.69) is 15.5 Å². The van der Waals surface area contributed by atoms with Gasteiger partial charge in [0.1, 0.15) is 11.0 Å². The van der Waals surface area contributed by atoms with Gasteiger partial charge in [-0.05, 0) is 36.4 Å². The lowest BCUT2D eigenvalue weighted by atomic mass is 10.3. The molecular formula is C20H24ClN3O6S. The summed E-state index contributed by atoms with van der Waals surface area (Å²) in [4.78, 5) is 26.4. The van der Waals surface area contributed by atoms with E-state index in [1.165, 1.54) is 36.6 Å². The molecule has 0 radical (unpaired) electrons. The van der Waals surface area contributed by atoms with Crippen LogP contribution in [0.3, 0.4) is 0 Å². The van der Waals surface area contributed by atoms with Gasteiger partial charge in [0.25, 0.3) is 0 Å². The van der Waals surface area contributed by atoms with Crippen LogP contribution in [0.2, 0.25) is 5.02 Å². The van der Waals surface area contributed by atoms with Gasteiger partial charge in [-0.3, -0.25) is 14.5 Å². The topological polar surface area (TPSA) is 118 Å². The molecule has 1 aliphatic rings. The molecule has 2 heterocycles. The molecule has 1 aromatic heterocycles. The Morgan fingerprint density at radius 3 is 2.39 bits per heavy atom. The summed E-state index contributed by atoms with van der Waals surface area (Å²) in [5, 5.41) is 4.14. The van der Waals surface area contributed by atoms with Gasteiger partial charge in [-0.1, -0.05) is 11.6 Å². The number of benzene rings is 1. The number of furan rings is 1. The maximum atomic E-state index is 13.1. The van der Waals surface area contributed by atoms with Crippen LogP contribution in [0.5, 0.6) is 0 Å². The molecule has 0 saturated carbocycles. The highest BCUT2D eigenvalue weighted by Crippen LogP contribution is 2.29. The Hall–Kier alpha value is -2.40. The summed E-state index contributed by atoms with van der Waals surface area (Å²) in [6.07, 6.45) is 1.35. The van der Waals surface area contributed by atoms with Crippen molar-refractivity contribution in [3.8, 4) is 0 Å². The number of nitrogens with zero attached hydrogens (tertiary/aromatic N) is 1. The third-order valence-electron chi connectivity index (χ3n) is 4.85. The molecule has 1 saturated heterocycles. The van der Waals surface area contributed by atoms with Crippen molar-refractivity contribution in [1.29, 1.82) is 0 Å². The van der Waals surface area contributed by atoms with Crippen molar-refractivity contribution >= 4 is 33.3 Å². The summed E-state index contributed by atoms with van der Waals surface area (Å²) < 4.78 is 36.7. The van der Waals surface area contributed by atoms with Crippen molar-refractivity contribution in [2.75, 3.05) is 45.9 Å². The van der Waals surface area contributed by atoms with E-state index in [1.54, 1.807) is 6.07 Å². The Morgan fingerprint density at radius 1 is 1.06 bits per heavy atom. The zero-order valence-electron chi connectivity index (χ0n) is 16.8. The number of halogens is 1. The SMILES string of the molecule is O=C(NCCN1CCOCC1)C(=O)NC[C@H](c1ccco1)S(=O)(=O)c1ccc(Cl)cc1. The van der Waals surface area contributed by atoms with Crippen molar-refractivity contribution in [3.63, 3.8) is 0 Å². The highest BCUT2D eigenvalue weighted by atomic mass is 35.5. The summed E-state index contributed by atoms with van der Waals surface area (Å²) in [6.45, 7) is 3.41. The first-order valence-corrected chi connectivity index (χ1v) is 11.7. The maximum absolute atomic E-state index is 13.1. The molecule has 2 amide bonds. The van der Waals surface area contributed by atoms with Crippen LogP contribution in [-0.2, 0) is 24.2 Å². The molecule has 1 atom stereocenters. The molecule has 3 rings (SSSR count). The van der Waals surface area contributed by atoms with Crippen molar-refractivity contribution in [2.45, 2.75) is 10.1 Å². The molecule has 31 heavy (non-hydrogen) atoms. The Labute approximate surface area is 185 Å². The fraction of sp³-hybridized carbons (Fsp3) is 0.400. The fourth-order valence-corrected chi connectivity index (χ4v) is 4.84. The average molecular weight is 470 g/mol. The summed E-state index contributed by atoms with van der Waals surface area (Å²) in [5.41, 5.74) is 0. The van der Waals surface area contributed by atoms with Crippen LogP contribution in [-0.4, -0.2) is 71.1 Å². The van der Waals surface area contributed by atoms with Crippen LogP contribution in [0.4, 0.5) is 0 Å². The predicted molar refractivity (Wildman–Crippen MR) is 113 cm³/mol. The molecule has 1 fully saturated rings. The van der Waals surface area contributed by atoms with Crippen LogP contribution in [0, 0.1) is 0 Å². The van der Waals surface area contributed by atoms with Crippen molar-refractivity contribution in [1.82, 2.24) is 15.5 Å². The molecule has 9 nitrogen and oxygen atoms in total. The quantitative estimate of drug-likeness (QED) is 0.554. The minimum Gasteiger partial charge on any atom is -0.468 e. The van der Waals surface area contributed by atoms with Gasteiger partial charge < -0.3 is 19.8 Å². The lowest BCUT2D eigenvalue weighted by Gasteiger charge is -2.26. The van der Waals surface area contributed by atoms with Gasteiger partial charge in [-0.25, -0.2) is 8.42 Å². The first-order chi connectivity index (χ1) is 14.9. The molecule has 0 aliphatic carbocycles. The van der Waals surface area contributed by atoms with E-state index < -0.39 is 26.9 Å². The normalized spacial score (nSPS) is 15.9. The summed E-state index contributed by atoms with van der Waals surface area (Å²) in [6, 6.07) is 8.76. The smallest absolute Gasteiger partial charge is 0.309 e. The number of hydrogen-bond acceptors (Lipinski definition) is 7. The molecule has 2 aromatic rings. The average Bonchev–Trinajstić information content (AvgIpc) is 3.29. The lowest BCUT2D eigenvalue weighted by Crippen LogP contribution is -2.46. The number of hydrogen-bond donors (Lipinski definition) is 2. The number of sulfone groups is 1. The van der Waals surface area contributed by atoms with Crippen LogP contribution in [0.1, 0.15) is 11.0 Å². The Balaban J connectivity index is 1.59. The van der Waals surface area contributed by atoms with E-state index in [9.17, 15) is 18.0 Å². The summed E-state index contributed by atoms with van der Waals surface area (Å²) >= 11 is 5.85. The van der Waals surface area contributed by atoms with Crippen molar-refractivity contribution < 1.29 is 27.2 Å². The number of morpholine rings is 1. The van der Waals surface area contributed by atoms with Gasteiger partial charge in [-0.2, -0.15) is 0 Å². The van der Waals surface area contributed by atoms with Crippen LogP contribution in [0.15, 0.2) is 52.0 Å². The molecule has 11 heteroatoms. The Bertz CT molecular complexity index is 973. The number of amides is 2. The van der Waals surface area contributed by atoms with E-state index in [1.807, 2.05) is 0 Å². The highest BCUT2D eigenvalue weighted by Gasteiger charge is 2.32. The fourth-order valence-electron chi connectivity index (χ4n) is 3.12. The van der Waals surface area contributed by atoms with Crippen molar-refractivity contribution in [2.24, 2.45) is 0 Å². The standard InChI is InChI=1S/C20H24ClN3O6S/c21-15-3-5-16(6-4-15)31(27,28)18(17-2-1-11-30-17)14-23-20(26)19(25)22-7-8-24-9-12-29-13-10-24/h1-6,11,18H,7-10,12-14H2,(H,22,25)(H,23,26)/t18-/m1/s1. The number of rotatable bonds is 8. The molecule has 0 bridgehead atoms. The first-order valence-electron chi connectivity index (χ1n) is 9.77. The third kappa shape index (κ3) is 6.30. The number of ether oxygens (including phenoxy) is 1. The van der Waals surface area contributed by atoms with Crippen molar-refractivity contribution in [3.05, 3.63) is 53.4 Å². The zero-order chi connectivity index (χ0) is 22.3. The highest BCUT2D eigenvalue weighted by molar-refractivity contribution is 7.91. The molecule has 168 valence electrons. The zero-order valence-corrected chi connectivity index (χ0v) is 18.3. The monoisotopic (exact) mass is 469 g/mol. The van der Waals surface area contributed by atoms with Crippen LogP contribution in [0.25, 0.3) is 0 Å². The van der Waals surface area contributed by atoms with Gasteiger partial charge in [0, 0.05) is 37.7 Å². The number of nitrogens with one attached hydrogen (secondary N) is 2. The molecule has 2 N–H and O–H groups in total. The summed E-state index contributed by atoms with van der Waals surface area (Å²) in [5.74, 6) is -1.58. The largest absolute Gasteiger partial charge is 0.468 e. The molecule has 1 aliphatic heterocycles. The number of carbonyl (C=O) groups is 2. The van der Waals surface area contributed by atoms with Gasteiger partial charge in [0.15, 0.2) is 9.84 Å². The molecular weight excluding hydrogens is 446 g/mol. The van der Waals surface area contributed by atoms with Gasteiger partial charge in [-0.15, -0.1) is 0 Å². The van der Waals surface area contributed by atoms with Crippen LogP contribution < -0.4 is 10.6 Å². The summed E-state index contributed by atoms with van der Waals surface area (Å²) in [7, 11) is -3.91. The van der Waals surface area contributed by atoms with E-state index in [-0.39, 0.29) is 17.2 Å². The van der Waals surface area contributed by atoms with Gasteiger partial charge in [0.2, 0.25) is 0 Å². The Morgan fingerprint density at radius 2 is 1.74 bits per heavy atom. The maximum Gasteiger partial charge on any atom is 0.309 e. The second-order valence-corrected chi connectivity index (χ2v) is 9.49. The van der Waals surface area contributed by atoms with E-state index in [0.29, 0.717) is 31.3 Å². The second kappa shape index (κ2) is 10.8. The molecule has 0 unspecified atom stereocenters. The molecule has 1 aromatic carbocycles. The second-order valence-electron chi connectivity index (χ2n) is 6.92. The first kappa shape index (κ1) is 23.3. The van der Waals surface area contributed by atoms with E-state index >= 15 is 0 Å². The minimum absolute atomic E-state index is 0.0301. The lowest BCUT2D eigenvalue weighted by molar-refractivity contribution is -0.139. The Kier molecular flexibility index (Phi) is 8.08. The minimum atomic E-state index is -3.91. The third-order valence-corrected chi connectivity index (χ3v) is 7.18. The molecule has 0 spiro atoms. The predicted octanol–water partition coefficient (Wildman–Crippen LogP) is 1.01. The van der Waals surface area contributed by atoms with E-state index in [4.69, 9.17) is 20.8 Å².